The van der Waals surface area contributed by atoms with Crippen LogP contribution in [0.4, 0.5) is 0 Å². The van der Waals surface area contributed by atoms with Crippen LogP contribution in [0.3, 0.4) is 0 Å². The first-order valence-electron chi connectivity index (χ1n) is 4.70. The zero-order valence-electron chi connectivity index (χ0n) is 8.02. The third kappa shape index (κ3) is 0.782. The first-order valence-corrected chi connectivity index (χ1v) is 4.70. The van der Waals surface area contributed by atoms with Crippen molar-refractivity contribution >= 4 is 5.97 Å². The Balaban J connectivity index is 2.37. The molecular weight excluding hydrogens is 152 g/mol. The average Bonchev–Trinajstić information content (AvgIpc) is 2.36. The maximum Gasteiger partial charge on any atom is 0.312 e. The van der Waals surface area contributed by atoms with E-state index >= 15 is 0 Å². The fourth-order valence-electron chi connectivity index (χ4n) is 2.87. The summed E-state index contributed by atoms with van der Waals surface area (Å²) in [4.78, 5) is 11.5. The topological polar surface area (TPSA) is 26.3 Å². The van der Waals surface area contributed by atoms with Crippen molar-refractivity contribution < 1.29 is 9.53 Å². The van der Waals surface area contributed by atoms with Gasteiger partial charge in [0.1, 0.15) is 5.60 Å². The average molecular weight is 168 g/mol. The van der Waals surface area contributed by atoms with Gasteiger partial charge in [-0.2, -0.15) is 0 Å². The Hall–Kier alpha value is -0.530. The van der Waals surface area contributed by atoms with Crippen LogP contribution in [-0.2, 0) is 9.53 Å². The molecule has 0 unspecified atom stereocenters. The molecule has 2 fully saturated rings. The first kappa shape index (κ1) is 8.09. The molecule has 0 bridgehead atoms. The molecule has 2 atom stereocenters. The molecule has 1 saturated heterocycles. The maximum absolute atomic E-state index is 11.5. The highest BCUT2D eigenvalue weighted by Gasteiger charge is 2.59. The molecule has 2 heteroatoms. The lowest BCUT2D eigenvalue weighted by molar-refractivity contribution is -0.152. The number of carbonyl (C=O) groups excluding carboxylic acids is 1. The SMILES string of the molecule is CC1(C)C(=O)O[C@]2(C)CCC[C@H]12. The molecular formula is C10H16O2. The standard InChI is InChI=1S/C10H16O2/c1-9(2)7-5-4-6-10(7,3)12-8(9)11/h7H,4-6H2,1-3H3/t7-,10-/m1/s1. The van der Waals surface area contributed by atoms with Gasteiger partial charge in [0, 0.05) is 5.92 Å². The molecule has 0 aromatic carbocycles. The van der Waals surface area contributed by atoms with Gasteiger partial charge in [-0.15, -0.1) is 0 Å². The molecule has 2 aliphatic rings. The van der Waals surface area contributed by atoms with Crippen LogP contribution in [0.2, 0.25) is 0 Å². The van der Waals surface area contributed by atoms with Gasteiger partial charge in [0.25, 0.3) is 0 Å². The molecule has 1 aliphatic carbocycles. The highest BCUT2D eigenvalue weighted by atomic mass is 16.6. The summed E-state index contributed by atoms with van der Waals surface area (Å²) >= 11 is 0. The fourth-order valence-corrected chi connectivity index (χ4v) is 2.87. The van der Waals surface area contributed by atoms with E-state index in [1.165, 1.54) is 6.42 Å². The van der Waals surface area contributed by atoms with E-state index in [1.807, 2.05) is 13.8 Å². The monoisotopic (exact) mass is 168 g/mol. The predicted octanol–water partition coefficient (Wildman–Crippen LogP) is 2.13. The van der Waals surface area contributed by atoms with Crippen LogP contribution in [0.25, 0.3) is 0 Å². The lowest BCUT2D eigenvalue weighted by Crippen LogP contribution is -2.31. The maximum atomic E-state index is 11.5. The lowest BCUT2D eigenvalue weighted by atomic mass is 9.75. The Bertz CT molecular complexity index is 232. The fraction of sp³-hybridized carbons (Fsp3) is 0.900. The van der Waals surface area contributed by atoms with Crippen LogP contribution in [0.15, 0.2) is 0 Å². The Morgan fingerprint density at radius 2 is 2.08 bits per heavy atom. The molecule has 68 valence electrons. The van der Waals surface area contributed by atoms with E-state index in [0.29, 0.717) is 5.92 Å². The number of hydrogen-bond acceptors (Lipinski definition) is 2. The summed E-state index contributed by atoms with van der Waals surface area (Å²) in [5, 5.41) is 0. The van der Waals surface area contributed by atoms with E-state index in [9.17, 15) is 4.79 Å². The summed E-state index contributed by atoms with van der Waals surface area (Å²) in [6, 6.07) is 0. The predicted molar refractivity (Wildman–Crippen MR) is 45.6 cm³/mol. The van der Waals surface area contributed by atoms with Gasteiger partial charge >= 0.3 is 5.97 Å². The van der Waals surface area contributed by atoms with Gasteiger partial charge in [0.2, 0.25) is 0 Å². The van der Waals surface area contributed by atoms with Crippen molar-refractivity contribution in [2.45, 2.75) is 45.6 Å². The summed E-state index contributed by atoms with van der Waals surface area (Å²) < 4.78 is 5.45. The third-order valence-corrected chi connectivity index (χ3v) is 3.63. The van der Waals surface area contributed by atoms with Gasteiger partial charge in [-0.25, -0.2) is 0 Å². The van der Waals surface area contributed by atoms with Crippen molar-refractivity contribution in [2.24, 2.45) is 11.3 Å². The normalized spacial score (nSPS) is 44.2. The molecule has 2 rings (SSSR count). The summed E-state index contributed by atoms with van der Waals surface area (Å²) in [5.41, 5.74) is -0.383. The molecule has 1 saturated carbocycles. The van der Waals surface area contributed by atoms with Gasteiger partial charge in [-0.3, -0.25) is 4.79 Å². The Morgan fingerprint density at radius 1 is 1.42 bits per heavy atom. The number of esters is 1. The molecule has 2 nitrogen and oxygen atoms in total. The minimum Gasteiger partial charge on any atom is -0.459 e. The minimum absolute atomic E-state index is 0.00491. The minimum atomic E-state index is -0.245. The van der Waals surface area contributed by atoms with Crippen LogP contribution in [-0.4, -0.2) is 11.6 Å². The zero-order valence-corrected chi connectivity index (χ0v) is 8.02. The third-order valence-electron chi connectivity index (χ3n) is 3.63. The quantitative estimate of drug-likeness (QED) is 0.518. The molecule has 0 spiro atoms. The van der Waals surface area contributed by atoms with Crippen molar-refractivity contribution in [3.63, 3.8) is 0 Å². The van der Waals surface area contributed by atoms with Gasteiger partial charge in [0.05, 0.1) is 5.41 Å². The summed E-state index contributed by atoms with van der Waals surface area (Å²) in [5.74, 6) is 0.437. The molecule has 1 aliphatic heterocycles. The molecule has 12 heavy (non-hydrogen) atoms. The largest absolute Gasteiger partial charge is 0.459 e. The number of carbonyl (C=O) groups is 1. The van der Waals surface area contributed by atoms with Gasteiger partial charge < -0.3 is 4.74 Å². The molecule has 0 aromatic rings. The van der Waals surface area contributed by atoms with Crippen molar-refractivity contribution in [2.75, 3.05) is 0 Å². The summed E-state index contributed by atoms with van der Waals surface area (Å²) in [7, 11) is 0. The molecule has 0 amide bonds. The second kappa shape index (κ2) is 2.04. The van der Waals surface area contributed by atoms with Crippen LogP contribution < -0.4 is 0 Å². The van der Waals surface area contributed by atoms with Gasteiger partial charge in [-0.05, 0) is 40.0 Å². The molecule has 1 heterocycles. The smallest absolute Gasteiger partial charge is 0.312 e. The number of hydrogen-bond donors (Lipinski definition) is 0. The van der Waals surface area contributed by atoms with E-state index in [-0.39, 0.29) is 17.0 Å². The van der Waals surface area contributed by atoms with Crippen LogP contribution in [0.5, 0.6) is 0 Å². The first-order chi connectivity index (χ1) is 5.47. The van der Waals surface area contributed by atoms with E-state index < -0.39 is 0 Å². The second-order valence-corrected chi connectivity index (χ2v) is 4.87. The van der Waals surface area contributed by atoms with Crippen LogP contribution in [0, 0.1) is 11.3 Å². The highest BCUT2D eigenvalue weighted by molar-refractivity contribution is 5.79. The number of ether oxygens (including phenoxy) is 1. The Morgan fingerprint density at radius 3 is 2.67 bits per heavy atom. The van der Waals surface area contributed by atoms with Crippen molar-refractivity contribution in [3.05, 3.63) is 0 Å². The molecule has 0 radical (unpaired) electrons. The number of fused-ring (bicyclic) bond motifs is 1. The Labute approximate surface area is 73.3 Å². The Kier molecular flexibility index (Phi) is 1.37. The summed E-state index contributed by atoms with van der Waals surface area (Å²) in [6.45, 7) is 6.10. The second-order valence-electron chi connectivity index (χ2n) is 4.87. The lowest BCUT2D eigenvalue weighted by Gasteiger charge is -2.25. The summed E-state index contributed by atoms with van der Waals surface area (Å²) in [6.07, 6.45) is 3.40. The van der Waals surface area contributed by atoms with E-state index in [2.05, 4.69) is 6.92 Å². The highest BCUT2D eigenvalue weighted by Crippen LogP contribution is 2.54. The molecule has 0 aromatic heterocycles. The van der Waals surface area contributed by atoms with Crippen LogP contribution in [0.1, 0.15) is 40.0 Å². The van der Waals surface area contributed by atoms with Gasteiger partial charge in [0.15, 0.2) is 0 Å². The molecule has 0 N–H and O–H groups in total. The van der Waals surface area contributed by atoms with Crippen molar-refractivity contribution in [1.82, 2.24) is 0 Å². The van der Waals surface area contributed by atoms with Crippen LogP contribution >= 0.6 is 0 Å². The van der Waals surface area contributed by atoms with Gasteiger partial charge in [-0.1, -0.05) is 0 Å². The van der Waals surface area contributed by atoms with E-state index in [4.69, 9.17) is 4.74 Å². The van der Waals surface area contributed by atoms with E-state index in [0.717, 1.165) is 12.8 Å². The van der Waals surface area contributed by atoms with E-state index in [1.54, 1.807) is 0 Å². The van der Waals surface area contributed by atoms with Crippen molar-refractivity contribution in [3.8, 4) is 0 Å². The number of rotatable bonds is 0. The zero-order chi connectivity index (χ0) is 8.98. The van der Waals surface area contributed by atoms with Crippen molar-refractivity contribution in [1.29, 1.82) is 0 Å².